The van der Waals surface area contributed by atoms with Crippen LogP contribution in [0.3, 0.4) is 0 Å². The van der Waals surface area contributed by atoms with Crippen LogP contribution in [0.4, 0.5) is 10.6 Å². The third-order valence-electron chi connectivity index (χ3n) is 5.80. The summed E-state index contributed by atoms with van der Waals surface area (Å²) in [7, 11) is 0. The van der Waals surface area contributed by atoms with Gasteiger partial charge in [-0.15, -0.1) is 0 Å². The normalized spacial score (nSPS) is 16.6. The van der Waals surface area contributed by atoms with Gasteiger partial charge in [0.1, 0.15) is 12.4 Å². The third kappa shape index (κ3) is 5.05. The molecule has 3 aromatic heterocycles. The van der Waals surface area contributed by atoms with Crippen molar-refractivity contribution in [2.45, 2.75) is 45.2 Å². The van der Waals surface area contributed by atoms with E-state index >= 15 is 0 Å². The molecule has 0 saturated carbocycles. The number of carboxylic acid groups (broad SMARTS) is 1. The molecule has 4 heterocycles. The number of hydrogen-bond acceptors (Lipinski definition) is 6. The molecule has 0 aromatic carbocycles. The topological polar surface area (TPSA) is 116 Å². The number of likely N-dealkylation sites (tertiary alicyclic amines) is 1. The first kappa shape index (κ1) is 22.5. The Morgan fingerprint density at radius 1 is 1.24 bits per heavy atom. The van der Waals surface area contributed by atoms with Crippen molar-refractivity contribution in [1.29, 1.82) is 0 Å². The third-order valence-corrected chi connectivity index (χ3v) is 5.80. The van der Waals surface area contributed by atoms with E-state index in [1.807, 2.05) is 24.4 Å². The molecule has 10 heteroatoms. The van der Waals surface area contributed by atoms with Gasteiger partial charge in [-0.2, -0.15) is 5.10 Å². The van der Waals surface area contributed by atoms with E-state index in [0.717, 1.165) is 23.9 Å². The summed E-state index contributed by atoms with van der Waals surface area (Å²) in [6, 6.07) is 5.85. The summed E-state index contributed by atoms with van der Waals surface area (Å²) in [6.45, 7) is 6.29. The summed E-state index contributed by atoms with van der Waals surface area (Å²) in [5.41, 5.74) is 1.90. The first-order chi connectivity index (χ1) is 15.7. The SMILES string of the molecule is CC(C)(C)N(CC(=O)N1CCC[C@@H](Nc2cncc(-c3cnn4ccccc34)n2)C1)C(=O)O. The fourth-order valence-corrected chi connectivity index (χ4v) is 4.05. The van der Waals surface area contributed by atoms with E-state index in [2.05, 4.69) is 15.4 Å². The number of amides is 2. The van der Waals surface area contributed by atoms with Gasteiger partial charge in [0.15, 0.2) is 0 Å². The summed E-state index contributed by atoms with van der Waals surface area (Å²) in [4.78, 5) is 36.4. The highest BCUT2D eigenvalue weighted by atomic mass is 16.4. The lowest BCUT2D eigenvalue weighted by Crippen LogP contribution is -2.53. The van der Waals surface area contributed by atoms with Crippen LogP contribution in [0.2, 0.25) is 0 Å². The van der Waals surface area contributed by atoms with Crippen LogP contribution in [-0.4, -0.2) is 77.7 Å². The van der Waals surface area contributed by atoms with Crippen molar-refractivity contribution in [2.75, 3.05) is 25.0 Å². The van der Waals surface area contributed by atoms with E-state index < -0.39 is 11.6 Å². The Kier molecular flexibility index (Phi) is 6.17. The molecule has 3 aromatic rings. The van der Waals surface area contributed by atoms with Gasteiger partial charge in [-0.3, -0.25) is 14.7 Å². The van der Waals surface area contributed by atoms with Gasteiger partial charge in [-0.1, -0.05) is 6.07 Å². The van der Waals surface area contributed by atoms with E-state index in [1.54, 1.807) is 48.8 Å². The predicted molar refractivity (Wildman–Crippen MR) is 124 cm³/mol. The number of rotatable bonds is 5. The highest BCUT2D eigenvalue weighted by molar-refractivity contribution is 5.82. The predicted octanol–water partition coefficient (Wildman–Crippen LogP) is 2.97. The molecular formula is C23H29N7O3. The number of nitrogens with zero attached hydrogens (tertiary/aromatic N) is 6. The van der Waals surface area contributed by atoms with E-state index in [0.29, 0.717) is 24.6 Å². The van der Waals surface area contributed by atoms with Crippen molar-refractivity contribution < 1.29 is 14.7 Å². The summed E-state index contributed by atoms with van der Waals surface area (Å²) >= 11 is 0. The Bertz CT molecular complexity index is 1150. The highest BCUT2D eigenvalue weighted by Gasteiger charge is 2.31. The lowest BCUT2D eigenvalue weighted by atomic mass is 10.0. The van der Waals surface area contributed by atoms with Gasteiger partial charge in [-0.25, -0.2) is 14.3 Å². The Labute approximate surface area is 192 Å². The minimum absolute atomic E-state index is 0.00377. The number of nitrogens with one attached hydrogen (secondary N) is 1. The van der Waals surface area contributed by atoms with Crippen LogP contribution in [0.5, 0.6) is 0 Å². The fraction of sp³-hybridized carbons (Fsp3) is 0.435. The maximum Gasteiger partial charge on any atom is 0.408 e. The van der Waals surface area contributed by atoms with Crippen LogP contribution in [0.15, 0.2) is 43.0 Å². The van der Waals surface area contributed by atoms with Crippen molar-refractivity contribution in [3.8, 4) is 11.3 Å². The van der Waals surface area contributed by atoms with E-state index in [-0.39, 0.29) is 18.5 Å². The number of hydrogen-bond donors (Lipinski definition) is 2. The molecular weight excluding hydrogens is 422 g/mol. The first-order valence-corrected chi connectivity index (χ1v) is 11.0. The Morgan fingerprint density at radius 2 is 2.06 bits per heavy atom. The monoisotopic (exact) mass is 451 g/mol. The molecule has 1 aliphatic heterocycles. The Hall–Kier alpha value is -3.69. The average Bonchev–Trinajstić information content (AvgIpc) is 3.21. The van der Waals surface area contributed by atoms with Gasteiger partial charge >= 0.3 is 6.09 Å². The van der Waals surface area contributed by atoms with Crippen molar-refractivity contribution in [3.05, 3.63) is 43.0 Å². The van der Waals surface area contributed by atoms with Crippen LogP contribution in [0, 0.1) is 0 Å². The molecule has 0 bridgehead atoms. The molecule has 2 amide bonds. The molecule has 1 fully saturated rings. The Morgan fingerprint density at radius 3 is 2.82 bits per heavy atom. The number of fused-ring (bicyclic) bond motifs is 1. The molecule has 33 heavy (non-hydrogen) atoms. The largest absolute Gasteiger partial charge is 0.465 e. The van der Waals surface area contributed by atoms with Crippen molar-refractivity contribution in [2.24, 2.45) is 0 Å². The lowest BCUT2D eigenvalue weighted by molar-refractivity contribution is -0.134. The molecule has 0 unspecified atom stereocenters. The zero-order valence-corrected chi connectivity index (χ0v) is 19.1. The van der Waals surface area contributed by atoms with Crippen LogP contribution in [0.1, 0.15) is 33.6 Å². The van der Waals surface area contributed by atoms with Gasteiger partial charge in [0, 0.05) is 36.4 Å². The number of aromatic nitrogens is 4. The van der Waals surface area contributed by atoms with Crippen molar-refractivity contribution in [3.63, 3.8) is 0 Å². The highest BCUT2D eigenvalue weighted by Crippen LogP contribution is 2.24. The second-order valence-corrected chi connectivity index (χ2v) is 9.24. The Balaban J connectivity index is 1.44. The summed E-state index contributed by atoms with van der Waals surface area (Å²) < 4.78 is 1.79. The molecule has 1 saturated heterocycles. The summed E-state index contributed by atoms with van der Waals surface area (Å²) in [5, 5.41) is 17.3. The summed E-state index contributed by atoms with van der Waals surface area (Å²) in [5.74, 6) is 0.439. The number of carbonyl (C=O) groups is 2. The fourth-order valence-electron chi connectivity index (χ4n) is 4.05. The molecule has 1 aliphatic rings. The van der Waals surface area contributed by atoms with E-state index in [1.165, 1.54) is 4.90 Å². The van der Waals surface area contributed by atoms with E-state index in [4.69, 9.17) is 4.98 Å². The van der Waals surface area contributed by atoms with E-state index in [9.17, 15) is 14.7 Å². The number of pyridine rings is 1. The van der Waals surface area contributed by atoms with Crippen molar-refractivity contribution in [1.82, 2.24) is 29.4 Å². The second-order valence-electron chi connectivity index (χ2n) is 9.24. The maximum atomic E-state index is 12.8. The molecule has 2 N–H and O–H groups in total. The van der Waals surface area contributed by atoms with Gasteiger partial charge in [-0.05, 0) is 45.7 Å². The average molecular weight is 452 g/mol. The molecule has 1 atom stereocenters. The molecule has 0 aliphatic carbocycles. The van der Waals surface area contributed by atoms with Crippen LogP contribution in [0.25, 0.3) is 16.8 Å². The number of piperidine rings is 1. The molecule has 10 nitrogen and oxygen atoms in total. The molecule has 4 rings (SSSR count). The van der Waals surface area contributed by atoms with Crippen LogP contribution < -0.4 is 5.32 Å². The summed E-state index contributed by atoms with van der Waals surface area (Å²) in [6.07, 6.45) is 7.64. The molecule has 174 valence electrons. The number of anilines is 1. The standard InChI is InChI=1S/C23H29N7O3/c1-23(2,3)29(22(32)33)15-21(31)28-9-6-7-16(14-28)26-20-13-24-12-18(27-20)17-11-25-30-10-5-4-8-19(17)30/h4-5,8,10-13,16H,6-7,9,14-15H2,1-3H3,(H,26,27)(H,32,33)/t16-/m1/s1. The smallest absolute Gasteiger partial charge is 0.408 e. The van der Waals surface area contributed by atoms with Crippen LogP contribution in [-0.2, 0) is 4.79 Å². The molecule has 0 spiro atoms. The van der Waals surface area contributed by atoms with Crippen LogP contribution >= 0.6 is 0 Å². The van der Waals surface area contributed by atoms with Gasteiger partial charge in [0.2, 0.25) is 5.91 Å². The first-order valence-electron chi connectivity index (χ1n) is 11.0. The van der Waals surface area contributed by atoms with Gasteiger partial charge in [0.05, 0.1) is 29.8 Å². The van der Waals surface area contributed by atoms with Gasteiger partial charge < -0.3 is 15.3 Å². The second kappa shape index (κ2) is 9.05. The zero-order valence-electron chi connectivity index (χ0n) is 19.1. The maximum absolute atomic E-state index is 12.8. The lowest BCUT2D eigenvalue weighted by Gasteiger charge is -2.37. The minimum atomic E-state index is -1.10. The quantitative estimate of drug-likeness (QED) is 0.613. The van der Waals surface area contributed by atoms with Gasteiger partial charge in [0.25, 0.3) is 0 Å². The number of carbonyl (C=O) groups excluding carboxylic acids is 1. The minimum Gasteiger partial charge on any atom is -0.465 e. The van der Waals surface area contributed by atoms with Crippen molar-refractivity contribution >= 4 is 23.3 Å². The zero-order chi connectivity index (χ0) is 23.6. The molecule has 0 radical (unpaired) electrons.